The van der Waals surface area contributed by atoms with E-state index in [1.807, 2.05) is 0 Å². The van der Waals surface area contributed by atoms with Crippen molar-refractivity contribution in [3.8, 4) is 0 Å². The number of halogens is 4. The van der Waals surface area contributed by atoms with Crippen molar-refractivity contribution in [1.82, 2.24) is 4.57 Å². The molecule has 1 aromatic heterocycles. The van der Waals surface area contributed by atoms with Crippen molar-refractivity contribution in [3.05, 3.63) is 34.4 Å². The van der Waals surface area contributed by atoms with Gasteiger partial charge in [-0.25, -0.2) is 0 Å². The van der Waals surface area contributed by atoms with Gasteiger partial charge >= 0.3 is 6.18 Å². The van der Waals surface area contributed by atoms with Gasteiger partial charge in [-0.2, -0.15) is 13.2 Å². The molecular formula is C11H9BrF3NO. The maximum Gasteiger partial charge on any atom is 0.406 e. The smallest absolute Gasteiger partial charge is 0.392 e. The Bertz CT molecular complexity index is 547. The van der Waals surface area contributed by atoms with E-state index in [1.54, 1.807) is 18.2 Å². The van der Waals surface area contributed by atoms with Crippen molar-refractivity contribution in [2.24, 2.45) is 0 Å². The minimum absolute atomic E-state index is 0.202. The van der Waals surface area contributed by atoms with E-state index in [9.17, 15) is 13.2 Å². The van der Waals surface area contributed by atoms with Crippen LogP contribution in [-0.4, -0.2) is 15.8 Å². The number of benzene rings is 1. The van der Waals surface area contributed by atoms with Crippen LogP contribution in [0.25, 0.3) is 10.9 Å². The highest BCUT2D eigenvalue weighted by molar-refractivity contribution is 9.10. The molecule has 1 aromatic carbocycles. The van der Waals surface area contributed by atoms with Gasteiger partial charge in [0.25, 0.3) is 0 Å². The maximum atomic E-state index is 12.3. The predicted molar refractivity (Wildman–Crippen MR) is 61.6 cm³/mol. The van der Waals surface area contributed by atoms with E-state index in [1.165, 1.54) is 6.20 Å². The van der Waals surface area contributed by atoms with Gasteiger partial charge in [-0.3, -0.25) is 0 Å². The minimum atomic E-state index is -4.26. The molecule has 0 fully saturated rings. The number of hydrogen-bond acceptors (Lipinski definition) is 1. The zero-order valence-electron chi connectivity index (χ0n) is 8.63. The van der Waals surface area contributed by atoms with Gasteiger partial charge in [0.1, 0.15) is 6.54 Å². The first-order chi connectivity index (χ1) is 7.90. The summed E-state index contributed by atoms with van der Waals surface area (Å²) in [6.45, 7) is -1.23. The third kappa shape index (κ3) is 2.63. The predicted octanol–water partition coefficient (Wildman–Crippen LogP) is 3.46. The molecule has 2 nitrogen and oxygen atoms in total. The van der Waals surface area contributed by atoms with Crippen LogP contribution in [0, 0.1) is 0 Å². The van der Waals surface area contributed by atoms with Crippen LogP contribution in [0.15, 0.2) is 28.9 Å². The van der Waals surface area contributed by atoms with Crippen molar-refractivity contribution in [2.45, 2.75) is 19.3 Å². The molecule has 0 bridgehead atoms. The summed E-state index contributed by atoms with van der Waals surface area (Å²) in [5, 5.41) is 9.79. The topological polar surface area (TPSA) is 25.2 Å². The van der Waals surface area contributed by atoms with E-state index in [0.717, 1.165) is 4.57 Å². The normalized spacial score (nSPS) is 12.3. The summed E-state index contributed by atoms with van der Waals surface area (Å²) in [6.07, 6.45) is -2.88. The van der Waals surface area contributed by atoms with Gasteiger partial charge < -0.3 is 9.67 Å². The molecule has 6 heteroatoms. The summed E-state index contributed by atoms with van der Waals surface area (Å²) >= 11 is 3.22. The van der Waals surface area contributed by atoms with E-state index in [2.05, 4.69) is 15.9 Å². The maximum absolute atomic E-state index is 12.3. The van der Waals surface area contributed by atoms with E-state index in [4.69, 9.17) is 5.11 Å². The van der Waals surface area contributed by atoms with Gasteiger partial charge in [0, 0.05) is 21.6 Å². The molecule has 92 valence electrons. The molecule has 0 saturated heterocycles. The number of rotatable bonds is 2. The Morgan fingerprint density at radius 2 is 2.00 bits per heavy atom. The fraction of sp³-hybridized carbons (Fsp3) is 0.273. The lowest BCUT2D eigenvalue weighted by atomic mass is 10.1. The molecule has 0 saturated carbocycles. The van der Waals surface area contributed by atoms with Gasteiger partial charge in [-0.05, 0) is 23.8 Å². The number of aliphatic hydroxyl groups is 1. The fourth-order valence-corrected chi connectivity index (χ4v) is 2.29. The molecule has 1 heterocycles. The van der Waals surface area contributed by atoms with Gasteiger partial charge in [-0.1, -0.05) is 15.9 Å². The van der Waals surface area contributed by atoms with Gasteiger partial charge in [0.05, 0.1) is 6.61 Å². The Hall–Kier alpha value is -1.01. The zero-order chi connectivity index (χ0) is 12.6. The monoisotopic (exact) mass is 307 g/mol. The zero-order valence-corrected chi connectivity index (χ0v) is 10.2. The highest BCUT2D eigenvalue weighted by Crippen LogP contribution is 2.28. The van der Waals surface area contributed by atoms with Crippen molar-refractivity contribution in [2.75, 3.05) is 0 Å². The average molecular weight is 308 g/mol. The Kier molecular flexibility index (Phi) is 3.18. The molecule has 0 spiro atoms. The van der Waals surface area contributed by atoms with E-state index in [-0.39, 0.29) is 6.61 Å². The summed E-state index contributed by atoms with van der Waals surface area (Å²) in [5.74, 6) is 0. The van der Waals surface area contributed by atoms with Crippen LogP contribution >= 0.6 is 15.9 Å². The molecule has 17 heavy (non-hydrogen) atoms. The largest absolute Gasteiger partial charge is 0.406 e. The second-order valence-electron chi connectivity index (χ2n) is 3.71. The highest BCUT2D eigenvalue weighted by atomic mass is 79.9. The van der Waals surface area contributed by atoms with Crippen LogP contribution in [-0.2, 0) is 13.2 Å². The summed E-state index contributed by atoms with van der Waals surface area (Å²) in [4.78, 5) is 0. The molecule has 0 amide bonds. The number of hydrogen-bond donors (Lipinski definition) is 1. The number of alkyl halides is 3. The molecule has 1 N–H and O–H groups in total. The lowest BCUT2D eigenvalue weighted by Gasteiger charge is -2.10. The molecule has 0 unspecified atom stereocenters. The van der Waals surface area contributed by atoms with Crippen LogP contribution in [0.3, 0.4) is 0 Å². The van der Waals surface area contributed by atoms with E-state index >= 15 is 0 Å². The summed E-state index contributed by atoms with van der Waals surface area (Å²) in [7, 11) is 0. The fourth-order valence-electron chi connectivity index (χ4n) is 1.80. The lowest BCUT2D eigenvalue weighted by molar-refractivity contribution is -0.139. The van der Waals surface area contributed by atoms with Crippen molar-refractivity contribution in [3.63, 3.8) is 0 Å². The van der Waals surface area contributed by atoms with Crippen LogP contribution in [0.1, 0.15) is 5.56 Å². The van der Waals surface area contributed by atoms with Gasteiger partial charge in [0.15, 0.2) is 0 Å². The second kappa shape index (κ2) is 4.34. The summed E-state index contributed by atoms with van der Waals surface area (Å²) in [5.41, 5.74) is 1.07. The summed E-state index contributed by atoms with van der Waals surface area (Å²) in [6, 6.07) is 4.89. The molecule has 0 aliphatic rings. The first-order valence-corrected chi connectivity index (χ1v) is 5.65. The van der Waals surface area contributed by atoms with Crippen molar-refractivity contribution in [1.29, 1.82) is 0 Å². The highest BCUT2D eigenvalue weighted by Gasteiger charge is 2.28. The van der Waals surface area contributed by atoms with E-state index in [0.29, 0.717) is 20.9 Å². The second-order valence-corrected chi connectivity index (χ2v) is 4.63. The van der Waals surface area contributed by atoms with Crippen LogP contribution in [0.2, 0.25) is 0 Å². The number of nitrogens with zero attached hydrogens (tertiary/aromatic N) is 1. The third-order valence-corrected chi connectivity index (χ3v) is 2.92. The van der Waals surface area contributed by atoms with E-state index < -0.39 is 12.7 Å². The number of fused-ring (bicyclic) bond motifs is 1. The van der Waals surface area contributed by atoms with Crippen molar-refractivity contribution >= 4 is 26.8 Å². The SMILES string of the molecule is OCc1cc(Br)cc2c1ccn2CC(F)(F)F. The first-order valence-electron chi connectivity index (χ1n) is 4.85. The molecule has 0 aliphatic heterocycles. The van der Waals surface area contributed by atoms with Crippen LogP contribution in [0.4, 0.5) is 13.2 Å². The van der Waals surface area contributed by atoms with Gasteiger partial charge in [-0.15, -0.1) is 0 Å². The molecular weight excluding hydrogens is 299 g/mol. The summed E-state index contributed by atoms with van der Waals surface area (Å²) < 4.78 is 38.8. The lowest BCUT2D eigenvalue weighted by Crippen LogP contribution is -2.16. The molecule has 0 atom stereocenters. The first kappa shape index (κ1) is 12.4. The molecule has 2 aromatic rings. The third-order valence-electron chi connectivity index (χ3n) is 2.46. The quantitative estimate of drug-likeness (QED) is 0.903. The number of aliphatic hydroxyl groups excluding tert-OH is 1. The molecule has 0 radical (unpaired) electrons. The standard InChI is InChI=1S/C11H9BrF3NO/c12-8-3-7(5-17)9-1-2-16(10(9)4-8)6-11(13,14)15/h1-4,17H,5-6H2. The Morgan fingerprint density at radius 1 is 1.29 bits per heavy atom. The molecule has 0 aliphatic carbocycles. The molecule has 2 rings (SSSR count). The van der Waals surface area contributed by atoms with Crippen LogP contribution < -0.4 is 0 Å². The minimum Gasteiger partial charge on any atom is -0.392 e. The average Bonchev–Trinajstić information content (AvgIpc) is 2.58. The number of aromatic nitrogens is 1. The Balaban J connectivity index is 2.56. The van der Waals surface area contributed by atoms with Crippen molar-refractivity contribution < 1.29 is 18.3 Å². The van der Waals surface area contributed by atoms with Gasteiger partial charge in [0.2, 0.25) is 0 Å². The Labute approximate surface area is 104 Å². The van der Waals surface area contributed by atoms with Crippen LogP contribution in [0.5, 0.6) is 0 Å². The Morgan fingerprint density at radius 3 is 2.59 bits per heavy atom.